The molecule has 0 aromatic carbocycles. The van der Waals surface area contributed by atoms with E-state index in [1.807, 2.05) is 18.5 Å². The summed E-state index contributed by atoms with van der Waals surface area (Å²) in [7, 11) is 0. The molecule has 4 N–H and O–H groups in total. The third kappa shape index (κ3) is 6.79. The summed E-state index contributed by atoms with van der Waals surface area (Å²) >= 11 is 0. The number of hydrogen-bond acceptors (Lipinski definition) is 7. The van der Waals surface area contributed by atoms with Gasteiger partial charge in [-0.25, -0.2) is 9.97 Å². The van der Waals surface area contributed by atoms with E-state index in [4.69, 9.17) is 4.98 Å². The topological polar surface area (TPSA) is 85.3 Å². The van der Waals surface area contributed by atoms with Crippen molar-refractivity contribution >= 4 is 29.2 Å². The highest BCUT2D eigenvalue weighted by molar-refractivity contribution is 5.86. The second-order valence-electron chi connectivity index (χ2n) is 9.28. The maximum absolute atomic E-state index is 9.55. The first-order valence-corrected chi connectivity index (χ1v) is 11.9. The van der Waals surface area contributed by atoms with Gasteiger partial charge in [-0.1, -0.05) is 19.9 Å². The van der Waals surface area contributed by atoms with Gasteiger partial charge in [0.25, 0.3) is 0 Å². The lowest BCUT2D eigenvalue weighted by Crippen LogP contribution is -2.30. The molecule has 7 nitrogen and oxygen atoms in total. The Morgan fingerprint density at radius 3 is 2.67 bits per heavy atom. The number of allylic oxidation sites excluding steroid dienone is 1. The lowest BCUT2D eigenvalue weighted by Gasteiger charge is -2.32. The lowest BCUT2D eigenvalue weighted by atomic mass is 9.98. The summed E-state index contributed by atoms with van der Waals surface area (Å²) in [5.41, 5.74) is 4.22. The minimum absolute atomic E-state index is 0.0882. The Hall–Kier alpha value is -2.90. The second kappa shape index (κ2) is 11.3. The Morgan fingerprint density at radius 1 is 1.15 bits per heavy atom. The highest BCUT2D eigenvalue weighted by Crippen LogP contribution is 2.37. The van der Waals surface area contributed by atoms with Gasteiger partial charge in [0.1, 0.15) is 17.5 Å². The summed E-state index contributed by atoms with van der Waals surface area (Å²) in [6.07, 6.45) is 10.1. The van der Waals surface area contributed by atoms with Crippen molar-refractivity contribution in [1.29, 1.82) is 0 Å². The molecule has 0 unspecified atom stereocenters. The summed E-state index contributed by atoms with van der Waals surface area (Å²) in [5.74, 6) is 2.32. The van der Waals surface area contributed by atoms with E-state index in [1.165, 1.54) is 5.56 Å². The zero-order chi connectivity index (χ0) is 23.8. The molecule has 1 aliphatic rings. The third-order valence-corrected chi connectivity index (χ3v) is 5.12. The van der Waals surface area contributed by atoms with Gasteiger partial charge in [0.15, 0.2) is 0 Å². The standard InChI is InChI=1S/C26H38N6O/c1-6-8-21-24-20(10-13-32(21)14-15-33)17-23(30-25(24)31-26(3,4)5)29-22-16-19(9-12-28-22)18-27-11-7-2/h8-10,12-13,16-17,27,33H,6-7,11,14-15,18H2,1-5H3,(H2,28,29,30,31)/b21-8-. The second-order valence-corrected chi connectivity index (χ2v) is 9.28. The van der Waals surface area contributed by atoms with Crippen LogP contribution in [0.5, 0.6) is 0 Å². The summed E-state index contributed by atoms with van der Waals surface area (Å²) in [4.78, 5) is 11.5. The van der Waals surface area contributed by atoms with Crippen LogP contribution in [-0.2, 0) is 6.54 Å². The van der Waals surface area contributed by atoms with Gasteiger partial charge in [-0.2, -0.15) is 0 Å². The van der Waals surface area contributed by atoms with E-state index in [0.717, 1.165) is 60.2 Å². The minimum atomic E-state index is -0.164. The van der Waals surface area contributed by atoms with E-state index in [-0.39, 0.29) is 12.1 Å². The number of aliphatic hydroxyl groups is 1. The van der Waals surface area contributed by atoms with Crippen LogP contribution in [0.1, 0.15) is 64.2 Å². The van der Waals surface area contributed by atoms with Crippen molar-refractivity contribution in [3.63, 3.8) is 0 Å². The van der Waals surface area contributed by atoms with E-state index >= 15 is 0 Å². The number of rotatable bonds is 10. The Balaban J connectivity index is 1.98. The van der Waals surface area contributed by atoms with E-state index in [2.05, 4.69) is 84.7 Å². The minimum Gasteiger partial charge on any atom is -0.395 e. The van der Waals surface area contributed by atoms with E-state index in [0.29, 0.717) is 6.54 Å². The van der Waals surface area contributed by atoms with Gasteiger partial charge in [0.05, 0.1) is 6.61 Å². The number of fused-ring (bicyclic) bond motifs is 1. The molecule has 178 valence electrons. The number of pyridine rings is 2. The maximum atomic E-state index is 9.55. The van der Waals surface area contributed by atoms with Crippen molar-refractivity contribution in [2.24, 2.45) is 0 Å². The molecule has 0 spiro atoms. The van der Waals surface area contributed by atoms with Crippen LogP contribution in [0.15, 0.2) is 36.7 Å². The molecule has 2 aromatic rings. The van der Waals surface area contributed by atoms with Crippen LogP contribution >= 0.6 is 0 Å². The van der Waals surface area contributed by atoms with Crippen molar-refractivity contribution in [3.05, 3.63) is 53.4 Å². The molecule has 0 amide bonds. The molecular formula is C26H38N6O. The number of hydrogen-bond donors (Lipinski definition) is 4. The van der Waals surface area contributed by atoms with Crippen molar-refractivity contribution in [2.45, 2.75) is 59.5 Å². The molecule has 0 fully saturated rings. The molecule has 0 radical (unpaired) electrons. The highest BCUT2D eigenvalue weighted by atomic mass is 16.3. The Kier molecular flexibility index (Phi) is 8.47. The van der Waals surface area contributed by atoms with E-state index in [1.54, 1.807) is 0 Å². The van der Waals surface area contributed by atoms with E-state index in [9.17, 15) is 5.11 Å². The van der Waals surface area contributed by atoms with Crippen LogP contribution < -0.4 is 16.0 Å². The molecular weight excluding hydrogens is 412 g/mol. The third-order valence-electron chi connectivity index (χ3n) is 5.12. The van der Waals surface area contributed by atoms with Crippen molar-refractivity contribution in [3.8, 4) is 0 Å². The lowest BCUT2D eigenvalue weighted by molar-refractivity contribution is 0.267. The van der Waals surface area contributed by atoms with Gasteiger partial charge >= 0.3 is 0 Å². The smallest absolute Gasteiger partial charge is 0.138 e. The fourth-order valence-corrected chi connectivity index (χ4v) is 3.78. The predicted molar refractivity (Wildman–Crippen MR) is 138 cm³/mol. The van der Waals surface area contributed by atoms with Crippen LogP contribution in [0, 0.1) is 0 Å². The molecule has 0 saturated carbocycles. The molecule has 7 heteroatoms. The highest BCUT2D eigenvalue weighted by Gasteiger charge is 2.24. The largest absolute Gasteiger partial charge is 0.395 e. The molecule has 1 aliphatic heterocycles. The fraction of sp³-hybridized carbons (Fsp3) is 0.462. The molecule has 0 aliphatic carbocycles. The van der Waals surface area contributed by atoms with Crippen LogP contribution in [0.3, 0.4) is 0 Å². The Labute approximate surface area is 198 Å². The number of anilines is 3. The van der Waals surface area contributed by atoms with Gasteiger partial charge in [0.2, 0.25) is 0 Å². The summed E-state index contributed by atoms with van der Waals surface area (Å²) in [6, 6.07) is 6.14. The number of nitrogens with zero attached hydrogens (tertiary/aromatic N) is 3. The molecule has 3 heterocycles. The summed E-state index contributed by atoms with van der Waals surface area (Å²) in [5, 5.41) is 20.0. The summed E-state index contributed by atoms with van der Waals surface area (Å²) in [6.45, 7) is 13.1. The van der Waals surface area contributed by atoms with Gasteiger partial charge < -0.3 is 26.0 Å². The quantitative estimate of drug-likeness (QED) is 0.381. The molecule has 2 aromatic heterocycles. The van der Waals surface area contributed by atoms with Gasteiger partial charge in [-0.05, 0) is 75.6 Å². The van der Waals surface area contributed by atoms with Gasteiger partial charge in [0, 0.05) is 42.3 Å². The molecule has 0 atom stereocenters. The first kappa shape index (κ1) is 24.7. The molecule has 0 saturated heterocycles. The molecule has 0 bridgehead atoms. The molecule has 3 rings (SSSR count). The maximum Gasteiger partial charge on any atom is 0.138 e. The van der Waals surface area contributed by atoms with Crippen molar-refractivity contribution in [2.75, 3.05) is 30.3 Å². The van der Waals surface area contributed by atoms with Crippen LogP contribution in [0.4, 0.5) is 17.5 Å². The van der Waals surface area contributed by atoms with Crippen LogP contribution in [-0.4, -0.2) is 45.2 Å². The average Bonchev–Trinajstić information content (AvgIpc) is 2.75. The summed E-state index contributed by atoms with van der Waals surface area (Å²) < 4.78 is 0. The monoisotopic (exact) mass is 450 g/mol. The SMILES string of the molecule is CC/C=C1/c2c(cc(Nc3cc(CNCCC)ccn3)nc2NC(C)(C)C)C=CN1CCO. The normalized spacial score (nSPS) is 14.5. The van der Waals surface area contributed by atoms with Gasteiger partial charge in [-0.15, -0.1) is 0 Å². The Morgan fingerprint density at radius 2 is 1.97 bits per heavy atom. The van der Waals surface area contributed by atoms with E-state index < -0.39 is 0 Å². The van der Waals surface area contributed by atoms with Gasteiger partial charge in [-0.3, -0.25) is 0 Å². The number of aromatic nitrogens is 2. The Bertz CT molecular complexity index is 993. The van der Waals surface area contributed by atoms with Crippen LogP contribution in [0.25, 0.3) is 11.8 Å². The van der Waals surface area contributed by atoms with Crippen molar-refractivity contribution < 1.29 is 5.11 Å². The number of aliphatic hydroxyl groups excluding tert-OH is 1. The zero-order valence-corrected chi connectivity index (χ0v) is 20.6. The number of β-amino-alcohol motifs (C(OH)–C–C–N with tert-alkyl or cyclic N) is 1. The predicted octanol–water partition coefficient (Wildman–Crippen LogP) is 4.96. The van der Waals surface area contributed by atoms with Crippen molar-refractivity contribution in [1.82, 2.24) is 20.2 Å². The number of nitrogens with one attached hydrogen (secondary N) is 3. The first-order chi connectivity index (χ1) is 15.8. The average molecular weight is 451 g/mol. The fourth-order valence-electron chi connectivity index (χ4n) is 3.78. The van der Waals surface area contributed by atoms with Crippen LogP contribution in [0.2, 0.25) is 0 Å². The first-order valence-electron chi connectivity index (χ1n) is 11.9. The molecule has 33 heavy (non-hydrogen) atoms. The zero-order valence-electron chi connectivity index (χ0n) is 20.6.